The summed E-state index contributed by atoms with van der Waals surface area (Å²) in [6.07, 6.45) is 5.96. The Morgan fingerprint density at radius 1 is 1.24 bits per heavy atom. The number of amides is 1. The number of hydrogen-bond acceptors (Lipinski definition) is 3. The van der Waals surface area contributed by atoms with Crippen LogP contribution in [-0.2, 0) is 6.42 Å². The molecular weight excluding hydrogens is 314 g/mol. The van der Waals surface area contributed by atoms with Crippen LogP contribution in [0.5, 0.6) is 0 Å². The summed E-state index contributed by atoms with van der Waals surface area (Å²) in [5.74, 6) is -0.366. The maximum Gasteiger partial charge on any atom is 0.270 e. The van der Waals surface area contributed by atoms with Crippen molar-refractivity contribution in [1.82, 2.24) is 14.7 Å². The molecule has 1 aromatic carbocycles. The standard InChI is InChI=1S/C20H19N3O2/c1-13-6-5-11-23-18(13)21-12-16(20(23)25)19(24)22-17-10-4-8-14-7-2-3-9-15(14)17/h2-3,5-7,9,11-12,17H,4,8,10H2,1H3,(H,22,24). The number of carbonyl (C=O) groups is 1. The van der Waals surface area contributed by atoms with Crippen LogP contribution in [0.2, 0.25) is 0 Å². The molecule has 4 rings (SSSR count). The quantitative estimate of drug-likeness (QED) is 0.784. The molecule has 0 spiro atoms. The summed E-state index contributed by atoms with van der Waals surface area (Å²) in [5, 5.41) is 3.02. The number of fused-ring (bicyclic) bond motifs is 2. The molecule has 1 N–H and O–H groups in total. The maximum absolute atomic E-state index is 12.7. The first-order chi connectivity index (χ1) is 12.1. The minimum Gasteiger partial charge on any atom is -0.345 e. The van der Waals surface area contributed by atoms with Crippen LogP contribution < -0.4 is 10.9 Å². The second-order valence-electron chi connectivity index (χ2n) is 6.48. The van der Waals surface area contributed by atoms with Crippen LogP contribution in [0.15, 0.2) is 53.6 Å². The lowest BCUT2D eigenvalue weighted by Crippen LogP contribution is -2.35. The number of pyridine rings is 1. The van der Waals surface area contributed by atoms with Gasteiger partial charge in [0.25, 0.3) is 11.5 Å². The van der Waals surface area contributed by atoms with Gasteiger partial charge in [-0.05, 0) is 48.9 Å². The number of benzene rings is 1. The van der Waals surface area contributed by atoms with E-state index in [1.165, 1.54) is 16.2 Å². The Labute approximate surface area is 145 Å². The highest BCUT2D eigenvalue weighted by molar-refractivity contribution is 5.94. The van der Waals surface area contributed by atoms with Gasteiger partial charge in [0.05, 0.1) is 6.04 Å². The van der Waals surface area contributed by atoms with Crippen molar-refractivity contribution < 1.29 is 4.79 Å². The fourth-order valence-electron chi connectivity index (χ4n) is 3.54. The highest BCUT2D eigenvalue weighted by Crippen LogP contribution is 2.29. The molecule has 0 aliphatic heterocycles. The first-order valence-electron chi connectivity index (χ1n) is 8.51. The van der Waals surface area contributed by atoms with E-state index in [1.807, 2.05) is 31.2 Å². The maximum atomic E-state index is 12.7. The Hall–Kier alpha value is -2.95. The minimum atomic E-state index is -0.366. The van der Waals surface area contributed by atoms with Gasteiger partial charge in [0.2, 0.25) is 0 Å². The van der Waals surface area contributed by atoms with Crippen molar-refractivity contribution >= 4 is 11.6 Å². The highest BCUT2D eigenvalue weighted by atomic mass is 16.2. The summed E-state index contributed by atoms with van der Waals surface area (Å²) in [6, 6.07) is 11.8. The van der Waals surface area contributed by atoms with Crippen LogP contribution >= 0.6 is 0 Å². The average Bonchev–Trinajstić information content (AvgIpc) is 2.63. The number of carbonyl (C=O) groups excluding carboxylic acids is 1. The van der Waals surface area contributed by atoms with E-state index in [4.69, 9.17) is 0 Å². The molecule has 5 nitrogen and oxygen atoms in total. The van der Waals surface area contributed by atoms with E-state index in [-0.39, 0.29) is 23.1 Å². The van der Waals surface area contributed by atoms with Crippen molar-refractivity contribution in [3.05, 3.63) is 81.4 Å². The Morgan fingerprint density at radius 3 is 2.96 bits per heavy atom. The summed E-state index contributed by atoms with van der Waals surface area (Å²) in [7, 11) is 0. The van der Waals surface area contributed by atoms with Gasteiger partial charge in [-0.2, -0.15) is 0 Å². The third kappa shape index (κ3) is 2.71. The molecule has 1 unspecified atom stereocenters. The third-order valence-corrected chi connectivity index (χ3v) is 4.85. The first kappa shape index (κ1) is 15.6. The van der Waals surface area contributed by atoms with Crippen molar-refractivity contribution in [2.24, 2.45) is 0 Å². The summed E-state index contributed by atoms with van der Waals surface area (Å²) < 4.78 is 1.43. The lowest BCUT2D eigenvalue weighted by atomic mass is 9.87. The molecule has 0 bridgehead atoms. The van der Waals surface area contributed by atoms with E-state index in [9.17, 15) is 9.59 Å². The molecule has 126 valence electrons. The fourth-order valence-corrected chi connectivity index (χ4v) is 3.54. The van der Waals surface area contributed by atoms with Crippen molar-refractivity contribution in [2.75, 3.05) is 0 Å². The SMILES string of the molecule is Cc1cccn2c(=O)c(C(=O)NC3CCCc4ccccc43)cnc12. The van der Waals surface area contributed by atoms with Crippen LogP contribution in [0.1, 0.15) is 45.9 Å². The number of aromatic nitrogens is 2. The van der Waals surface area contributed by atoms with Gasteiger partial charge < -0.3 is 5.32 Å². The van der Waals surface area contributed by atoms with Gasteiger partial charge in [-0.1, -0.05) is 30.3 Å². The molecule has 1 aliphatic carbocycles. The predicted octanol–water partition coefficient (Wildman–Crippen LogP) is 2.81. The van der Waals surface area contributed by atoms with Crippen LogP contribution in [0.25, 0.3) is 5.65 Å². The van der Waals surface area contributed by atoms with E-state index >= 15 is 0 Å². The van der Waals surface area contributed by atoms with Gasteiger partial charge in [0.15, 0.2) is 0 Å². The lowest BCUT2D eigenvalue weighted by molar-refractivity contribution is 0.0930. The topological polar surface area (TPSA) is 63.5 Å². The van der Waals surface area contributed by atoms with Crippen LogP contribution in [0.4, 0.5) is 0 Å². The van der Waals surface area contributed by atoms with Crippen molar-refractivity contribution in [3.63, 3.8) is 0 Å². The Kier molecular flexibility index (Phi) is 3.84. The number of nitrogens with one attached hydrogen (secondary N) is 1. The largest absolute Gasteiger partial charge is 0.345 e. The number of aryl methyl sites for hydroxylation is 2. The predicted molar refractivity (Wildman–Crippen MR) is 95.8 cm³/mol. The summed E-state index contributed by atoms with van der Waals surface area (Å²) >= 11 is 0. The molecule has 25 heavy (non-hydrogen) atoms. The second-order valence-corrected chi connectivity index (χ2v) is 6.48. The molecule has 2 aromatic heterocycles. The van der Waals surface area contributed by atoms with Gasteiger partial charge in [0.1, 0.15) is 11.2 Å². The van der Waals surface area contributed by atoms with Crippen molar-refractivity contribution in [3.8, 4) is 0 Å². The molecule has 1 atom stereocenters. The van der Waals surface area contributed by atoms with E-state index < -0.39 is 0 Å². The highest BCUT2D eigenvalue weighted by Gasteiger charge is 2.23. The zero-order valence-electron chi connectivity index (χ0n) is 14.0. The van der Waals surface area contributed by atoms with Gasteiger partial charge >= 0.3 is 0 Å². The lowest BCUT2D eigenvalue weighted by Gasteiger charge is -2.26. The molecule has 0 saturated heterocycles. The van der Waals surface area contributed by atoms with Crippen molar-refractivity contribution in [2.45, 2.75) is 32.2 Å². The van der Waals surface area contributed by atoms with E-state index in [0.717, 1.165) is 30.4 Å². The molecule has 5 heteroatoms. The molecule has 1 aliphatic rings. The van der Waals surface area contributed by atoms with Gasteiger partial charge in [-0.3, -0.25) is 14.0 Å². The summed E-state index contributed by atoms with van der Waals surface area (Å²) in [5.41, 5.74) is 3.62. The molecule has 2 heterocycles. The van der Waals surface area contributed by atoms with E-state index in [1.54, 1.807) is 12.3 Å². The molecule has 3 aromatic rings. The number of nitrogens with zero attached hydrogens (tertiary/aromatic N) is 2. The Bertz CT molecular complexity index is 1020. The van der Waals surface area contributed by atoms with E-state index in [2.05, 4.69) is 16.4 Å². The van der Waals surface area contributed by atoms with Gasteiger partial charge in [-0.15, -0.1) is 0 Å². The van der Waals surface area contributed by atoms with E-state index in [0.29, 0.717) is 5.65 Å². The average molecular weight is 333 g/mol. The molecular formula is C20H19N3O2. The van der Waals surface area contributed by atoms with Gasteiger partial charge in [-0.25, -0.2) is 4.98 Å². The van der Waals surface area contributed by atoms with Crippen LogP contribution in [0, 0.1) is 6.92 Å². The minimum absolute atomic E-state index is 0.0601. The zero-order chi connectivity index (χ0) is 17.4. The fraction of sp³-hybridized carbons (Fsp3) is 0.250. The molecule has 0 fully saturated rings. The monoisotopic (exact) mass is 333 g/mol. The smallest absolute Gasteiger partial charge is 0.270 e. The third-order valence-electron chi connectivity index (χ3n) is 4.85. The second kappa shape index (κ2) is 6.16. The van der Waals surface area contributed by atoms with Crippen LogP contribution in [-0.4, -0.2) is 15.3 Å². The zero-order valence-corrected chi connectivity index (χ0v) is 14.0. The summed E-state index contributed by atoms with van der Waals surface area (Å²) in [6.45, 7) is 1.89. The first-order valence-corrected chi connectivity index (χ1v) is 8.51. The number of hydrogen-bond donors (Lipinski definition) is 1. The Balaban J connectivity index is 1.68. The normalized spacial score (nSPS) is 16.4. The van der Waals surface area contributed by atoms with Crippen LogP contribution in [0.3, 0.4) is 0 Å². The molecule has 0 saturated carbocycles. The van der Waals surface area contributed by atoms with Gasteiger partial charge in [0, 0.05) is 12.4 Å². The summed E-state index contributed by atoms with van der Waals surface area (Å²) in [4.78, 5) is 29.7. The number of rotatable bonds is 2. The molecule has 1 amide bonds. The Morgan fingerprint density at radius 2 is 2.08 bits per heavy atom. The molecule has 0 radical (unpaired) electrons. The van der Waals surface area contributed by atoms with Crippen molar-refractivity contribution in [1.29, 1.82) is 0 Å².